The number of nitro benzene ring substituents is 1. The monoisotopic (exact) mass is 412 g/mol. The van der Waals surface area contributed by atoms with E-state index in [2.05, 4.69) is 15.5 Å². The second kappa shape index (κ2) is 9.28. The maximum absolute atomic E-state index is 12.0. The van der Waals surface area contributed by atoms with E-state index < -0.39 is 23.3 Å². The minimum atomic E-state index is -0.732. The molecule has 1 N–H and O–H groups in total. The average Bonchev–Trinajstić information content (AvgIpc) is 3.25. The molecule has 0 aliphatic heterocycles. The number of ether oxygens (including phenoxy) is 2. The molecule has 1 amide bonds. The van der Waals surface area contributed by atoms with E-state index in [0.29, 0.717) is 11.3 Å². The second-order valence-corrected chi connectivity index (χ2v) is 5.90. The van der Waals surface area contributed by atoms with E-state index in [-0.39, 0.29) is 29.6 Å². The molecule has 0 bridgehead atoms. The Kier molecular flexibility index (Phi) is 6.33. The van der Waals surface area contributed by atoms with Crippen LogP contribution in [-0.4, -0.2) is 40.6 Å². The van der Waals surface area contributed by atoms with Crippen molar-refractivity contribution < 1.29 is 28.5 Å². The number of carbonyl (C=O) groups is 2. The lowest BCUT2D eigenvalue weighted by Crippen LogP contribution is -2.30. The number of hydrogen-bond acceptors (Lipinski definition) is 9. The van der Waals surface area contributed by atoms with Gasteiger partial charge in [0.25, 0.3) is 17.5 Å². The molecule has 11 nitrogen and oxygen atoms in total. The lowest BCUT2D eigenvalue weighted by Gasteiger charge is -2.05. The summed E-state index contributed by atoms with van der Waals surface area (Å²) >= 11 is 0. The minimum Gasteiger partial charge on any atom is -0.497 e. The average molecular weight is 412 g/mol. The fourth-order valence-corrected chi connectivity index (χ4v) is 2.37. The smallest absolute Gasteiger partial charge is 0.325 e. The van der Waals surface area contributed by atoms with Gasteiger partial charge in [0.1, 0.15) is 12.3 Å². The highest BCUT2D eigenvalue weighted by molar-refractivity contribution is 5.96. The zero-order chi connectivity index (χ0) is 21.5. The van der Waals surface area contributed by atoms with Crippen molar-refractivity contribution in [2.24, 2.45) is 0 Å². The van der Waals surface area contributed by atoms with E-state index in [1.807, 2.05) is 0 Å². The summed E-state index contributed by atoms with van der Waals surface area (Å²) in [7, 11) is 1.56. The fraction of sp³-hybridized carbons (Fsp3) is 0.158. The van der Waals surface area contributed by atoms with Crippen LogP contribution < -0.4 is 10.1 Å². The van der Waals surface area contributed by atoms with Gasteiger partial charge in [0.05, 0.1) is 12.0 Å². The highest BCUT2D eigenvalue weighted by Gasteiger charge is 2.14. The second-order valence-electron chi connectivity index (χ2n) is 5.90. The maximum Gasteiger partial charge on any atom is 0.325 e. The van der Waals surface area contributed by atoms with Crippen molar-refractivity contribution in [2.75, 3.05) is 13.7 Å². The molecule has 0 aliphatic carbocycles. The number of nitrogens with one attached hydrogen (secondary N) is 1. The molecule has 0 spiro atoms. The molecule has 0 unspecified atom stereocenters. The summed E-state index contributed by atoms with van der Waals surface area (Å²) in [6, 6.07) is 12.1. The summed E-state index contributed by atoms with van der Waals surface area (Å²) in [6.07, 6.45) is 0. The van der Waals surface area contributed by atoms with Gasteiger partial charge in [0.15, 0.2) is 6.61 Å². The van der Waals surface area contributed by atoms with Crippen molar-refractivity contribution in [3.8, 4) is 17.2 Å². The lowest BCUT2D eigenvalue weighted by molar-refractivity contribution is -0.384. The van der Waals surface area contributed by atoms with Gasteiger partial charge in [-0.15, -0.1) is 0 Å². The topological polar surface area (TPSA) is 147 Å². The SMILES string of the molecule is COc1ccc(-c2nc(COC(=O)CNC(=O)c3cccc([N+](=O)[O-])c3)no2)cc1. The molecule has 0 fully saturated rings. The molecule has 30 heavy (non-hydrogen) atoms. The Morgan fingerprint density at radius 3 is 2.67 bits per heavy atom. The largest absolute Gasteiger partial charge is 0.497 e. The van der Waals surface area contributed by atoms with Crippen LogP contribution in [0, 0.1) is 10.1 Å². The molecule has 2 aromatic carbocycles. The third kappa shape index (κ3) is 5.16. The van der Waals surface area contributed by atoms with Gasteiger partial charge in [-0.2, -0.15) is 4.98 Å². The van der Waals surface area contributed by atoms with Crippen LogP contribution in [0.15, 0.2) is 53.1 Å². The van der Waals surface area contributed by atoms with Gasteiger partial charge in [0.2, 0.25) is 5.82 Å². The predicted octanol–water partition coefficient (Wildman–Crippen LogP) is 2.13. The zero-order valence-corrected chi connectivity index (χ0v) is 15.7. The van der Waals surface area contributed by atoms with Gasteiger partial charge in [-0.25, -0.2) is 0 Å². The van der Waals surface area contributed by atoms with Gasteiger partial charge < -0.3 is 19.3 Å². The Hall–Kier alpha value is -4.28. The first kappa shape index (κ1) is 20.5. The van der Waals surface area contributed by atoms with Crippen LogP contribution in [-0.2, 0) is 16.1 Å². The minimum absolute atomic E-state index is 0.0549. The molecule has 3 rings (SSSR count). The summed E-state index contributed by atoms with van der Waals surface area (Å²) in [5.74, 6) is -0.289. The number of hydrogen-bond donors (Lipinski definition) is 1. The Bertz CT molecular complexity index is 1060. The molecule has 0 radical (unpaired) electrons. The van der Waals surface area contributed by atoms with Crippen molar-refractivity contribution in [3.05, 3.63) is 70.0 Å². The Morgan fingerprint density at radius 1 is 1.20 bits per heavy atom. The number of nitrogens with zero attached hydrogens (tertiary/aromatic N) is 3. The normalized spacial score (nSPS) is 10.3. The highest BCUT2D eigenvalue weighted by atomic mass is 16.6. The van der Waals surface area contributed by atoms with Crippen molar-refractivity contribution in [1.82, 2.24) is 15.5 Å². The first-order valence-corrected chi connectivity index (χ1v) is 8.61. The number of methoxy groups -OCH3 is 1. The lowest BCUT2D eigenvalue weighted by atomic mass is 10.2. The zero-order valence-electron chi connectivity index (χ0n) is 15.7. The number of non-ortho nitro benzene ring substituents is 1. The van der Waals surface area contributed by atoms with E-state index in [4.69, 9.17) is 14.0 Å². The molecule has 1 aromatic heterocycles. The Balaban J connectivity index is 1.49. The van der Waals surface area contributed by atoms with Gasteiger partial charge in [0, 0.05) is 23.3 Å². The number of amides is 1. The summed E-state index contributed by atoms with van der Waals surface area (Å²) in [5, 5.41) is 16.8. The molecule has 1 heterocycles. The maximum atomic E-state index is 12.0. The van der Waals surface area contributed by atoms with E-state index in [1.54, 1.807) is 31.4 Å². The van der Waals surface area contributed by atoms with Gasteiger partial charge in [-0.1, -0.05) is 11.2 Å². The summed E-state index contributed by atoms with van der Waals surface area (Å²) in [5.41, 5.74) is 0.499. The molecule has 154 valence electrons. The molecule has 3 aromatic rings. The summed E-state index contributed by atoms with van der Waals surface area (Å²) < 4.78 is 15.2. The molecular formula is C19H16N4O7. The van der Waals surface area contributed by atoms with Crippen molar-refractivity contribution >= 4 is 17.6 Å². The fourth-order valence-electron chi connectivity index (χ4n) is 2.37. The van der Waals surface area contributed by atoms with Crippen molar-refractivity contribution in [3.63, 3.8) is 0 Å². The number of nitro groups is 1. The number of benzene rings is 2. The van der Waals surface area contributed by atoms with Crippen LogP contribution in [0.1, 0.15) is 16.2 Å². The van der Waals surface area contributed by atoms with Crippen LogP contribution in [0.5, 0.6) is 5.75 Å². The third-order valence-corrected chi connectivity index (χ3v) is 3.88. The standard InChI is InChI=1S/C19H16N4O7/c1-28-15-7-5-12(6-8-15)19-21-16(22-30-19)11-29-17(24)10-20-18(25)13-3-2-4-14(9-13)23(26)27/h2-9H,10-11H2,1H3,(H,20,25). The molecule has 0 saturated heterocycles. The number of rotatable bonds is 8. The summed E-state index contributed by atoms with van der Waals surface area (Å²) in [4.78, 5) is 38.1. The third-order valence-electron chi connectivity index (χ3n) is 3.88. The van der Waals surface area contributed by atoms with Crippen molar-refractivity contribution in [2.45, 2.75) is 6.61 Å². The van der Waals surface area contributed by atoms with Gasteiger partial charge in [-0.3, -0.25) is 19.7 Å². The Morgan fingerprint density at radius 2 is 1.97 bits per heavy atom. The molecule has 11 heteroatoms. The van der Waals surface area contributed by atoms with Crippen LogP contribution in [0.2, 0.25) is 0 Å². The quantitative estimate of drug-likeness (QED) is 0.334. The number of esters is 1. The first-order chi connectivity index (χ1) is 14.5. The van der Waals surface area contributed by atoms with Gasteiger partial charge in [-0.05, 0) is 30.3 Å². The van der Waals surface area contributed by atoms with Crippen LogP contribution in [0.25, 0.3) is 11.5 Å². The first-order valence-electron chi connectivity index (χ1n) is 8.61. The Labute approximate surface area is 169 Å². The predicted molar refractivity (Wildman–Crippen MR) is 102 cm³/mol. The van der Waals surface area contributed by atoms with Gasteiger partial charge >= 0.3 is 5.97 Å². The van der Waals surface area contributed by atoms with Crippen LogP contribution in [0.3, 0.4) is 0 Å². The van der Waals surface area contributed by atoms with E-state index in [1.165, 1.54) is 18.2 Å². The molecular weight excluding hydrogens is 396 g/mol. The number of aromatic nitrogens is 2. The van der Waals surface area contributed by atoms with Crippen molar-refractivity contribution in [1.29, 1.82) is 0 Å². The van der Waals surface area contributed by atoms with E-state index in [0.717, 1.165) is 6.07 Å². The van der Waals surface area contributed by atoms with E-state index >= 15 is 0 Å². The van der Waals surface area contributed by atoms with E-state index in [9.17, 15) is 19.7 Å². The molecule has 0 aliphatic rings. The summed E-state index contributed by atoms with van der Waals surface area (Å²) in [6.45, 7) is -0.671. The highest BCUT2D eigenvalue weighted by Crippen LogP contribution is 2.20. The molecule has 0 atom stereocenters. The van der Waals surface area contributed by atoms with Crippen LogP contribution in [0.4, 0.5) is 5.69 Å². The van der Waals surface area contributed by atoms with Crippen LogP contribution >= 0.6 is 0 Å². The number of carbonyl (C=O) groups excluding carboxylic acids is 2. The molecule has 0 saturated carbocycles.